The molecule has 1 fully saturated rings. The number of aryl methyl sites for hydroxylation is 1. The Hall–Kier alpha value is -8.86. The predicted octanol–water partition coefficient (Wildman–Crippen LogP) is 7.88. The number of ether oxygens (including phenoxy) is 6. The lowest BCUT2D eigenvalue weighted by Crippen LogP contribution is -2.39. The standard InChI is InChI=1S/C75H93N14O27P3S4/c1-86(75(94)58-21-3-2-20-57(58)72-59-22-9-30-88(32-12-38-123(105,106)107)63(59)43-65-60(72)41-53-39-50-15-7-29-87(31-11-37-122(102,103)104)62(50)42-64(53)113-65)28-8-17-54(90)18-10-35-120-121-36-24-55(91)16-6-26-81-74(93)51-13-4-19-56(40-51)110-48-69(83-85-78)109-34-33-108-47-68(92)79-25-5-14-52-45-89(73-71(52)61(76)23-27-80-73)70-44-66(111-49-82-84-77)67(114-70)46-112-118(98,99)116-119(100,101)115-117(95,96)97/h2-4,13,19-21,23,27,39-43,45,66-67,69-70H,6-12,15-18,22,24-26,28-38,44,46-49H2,1H3,(H9-,76,79,80,81,92,93,95,96,97,98,99,100,101,102,103,104,105,106,107)/t66-,67-,69?,70-/m1/s1. The van der Waals surface area contributed by atoms with Crippen molar-refractivity contribution in [1.29, 1.82) is 0 Å². The first-order valence-corrected chi connectivity index (χ1v) is 49.1. The maximum Gasteiger partial charge on any atom is 0.490 e. The van der Waals surface area contributed by atoms with Crippen LogP contribution in [0.15, 0.2) is 95.4 Å². The second-order valence-electron chi connectivity index (χ2n) is 28.5. The summed E-state index contributed by atoms with van der Waals surface area (Å²) in [6.07, 6.45) is 6.56. The van der Waals surface area contributed by atoms with E-state index < -0.39 is 112 Å². The quantitative estimate of drug-likeness (QED) is 0.00207. The number of hydrogen-bond donors (Lipinski definition) is 8. The van der Waals surface area contributed by atoms with Gasteiger partial charge in [-0.3, -0.25) is 33.0 Å². The Morgan fingerprint density at radius 2 is 1.66 bits per heavy atom. The number of benzene rings is 4. The van der Waals surface area contributed by atoms with Crippen molar-refractivity contribution in [3.05, 3.63) is 150 Å². The topological polar surface area (TPSA) is 587 Å². The highest BCUT2D eigenvalue weighted by Gasteiger charge is 2.44. The molecule has 0 spiro atoms. The molecule has 6 aromatic rings. The zero-order valence-corrected chi connectivity index (χ0v) is 72.5. The van der Waals surface area contributed by atoms with Gasteiger partial charge in [0, 0.05) is 163 Å². The third kappa shape index (κ3) is 29.6. The monoisotopic (exact) mass is 1840 g/mol. The Bertz CT molecular complexity index is 5570. The largest absolute Gasteiger partial charge is 0.748 e. The lowest BCUT2D eigenvalue weighted by atomic mass is 9.84. The number of nitrogens with one attached hydrogen (secondary N) is 2. The van der Waals surface area contributed by atoms with Crippen molar-refractivity contribution in [1.82, 2.24) is 29.7 Å². The van der Waals surface area contributed by atoms with Crippen molar-refractivity contribution in [2.24, 2.45) is 10.2 Å². The van der Waals surface area contributed by atoms with Crippen molar-refractivity contribution >= 4 is 123 Å². The van der Waals surface area contributed by atoms with Gasteiger partial charge in [0.15, 0.2) is 6.23 Å². The summed E-state index contributed by atoms with van der Waals surface area (Å²) in [4.78, 5) is 117. The van der Waals surface area contributed by atoms with Crippen LogP contribution >= 0.6 is 45.1 Å². The number of anilines is 2. The Morgan fingerprint density at radius 1 is 0.878 bits per heavy atom. The molecule has 48 heteroatoms. The summed E-state index contributed by atoms with van der Waals surface area (Å²) in [7, 11) is -20.8. The lowest BCUT2D eigenvalue weighted by Gasteiger charge is -2.35. The molecule has 0 radical (unpaired) electrons. The van der Waals surface area contributed by atoms with Crippen molar-refractivity contribution in [3.63, 3.8) is 0 Å². The van der Waals surface area contributed by atoms with Crippen molar-refractivity contribution < 1.29 is 125 Å². The molecular weight excluding hydrogens is 1750 g/mol. The van der Waals surface area contributed by atoms with E-state index in [4.69, 9.17) is 54.0 Å². The summed E-state index contributed by atoms with van der Waals surface area (Å²) in [5.41, 5.74) is 31.0. The summed E-state index contributed by atoms with van der Waals surface area (Å²) in [5, 5.41) is 14.4. The Morgan fingerprint density at radius 3 is 2.44 bits per heavy atom. The van der Waals surface area contributed by atoms with Crippen molar-refractivity contribution in [2.45, 2.75) is 115 Å². The molecule has 41 nitrogen and oxygen atoms in total. The highest BCUT2D eigenvalue weighted by atomic mass is 33.1. The molecule has 0 saturated carbocycles. The number of carbonyl (C=O) groups is 5. The Labute approximate surface area is 714 Å². The molecule has 0 aliphatic carbocycles. The normalized spacial score (nSPS) is 16.7. The molecule has 3 amide bonds. The number of aromatic nitrogens is 2. The van der Waals surface area contributed by atoms with Gasteiger partial charge < -0.3 is 83.3 Å². The van der Waals surface area contributed by atoms with Crippen LogP contribution in [-0.2, 0) is 93.2 Å². The van der Waals surface area contributed by atoms with Crippen LogP contribution < -0.4 is 45.9 Å². The van der Waals surface area contributed by atoms with E-state index in [-0.39, 0.29) is 105 Å². The van der Waals surface area contributed by atoms with E-state index in [0.29, 0.717) is 116 Å². The molecule has 9 N–H and O–H groups in total. The number of ketones is 2. The first-order chi connectivity index (χ1) is 58.6. The molecule has 6 atom stereocenters. The summed E-state index contributed by atoms with van der Waals surface area (Å²) in [6, 6.07) is 21.1. The van der Waals surface area contributed by atoms with Gasteiger partial charge in [-0.05, 0) is 115 Å². The van der Waals surface area contributed by atoms with Crippen LogP contribution in [0, 0.1) is 11.8 Å². The van der Waals surface area contributed by atoms with Crippen LogP contribution in [0.4, 0.5) is 11.4 Å². The van der Waals surface area contributed by atoms with Crippen LogP contribution in [0.25, 0.3) is 49.1 Å². The third-order valence-electron chi connectivity index (χ3n) is 19.6. The number of nitrogens with two attached hydrogens (primary N) is 1. The first kappa shape index (κ1) is 96.4. The second-order valence-corrected chi connectivity index (χ2v) is 38.8. The highest BCUT2D eigenvalue weighted by Crippen LogP contribution is 2.66. The van der Waals surface area contributed by atoms with Gasteiger partial charge in [0.1, 0.15) is 79.8 Å². The molecule has 1 saturated heterocycles. The number of Topliss-reactive ketones (excluding diaryl/α,β-unsaturated/α-hetero) is 2. The number of phosphoric ester groups is 1. The molecule has 4 aliphatic heterocycles. The molecule has 10 rings (SSSR count). The van der Waals surface area contributed by atoms with Gasteiger partial charge in [0.25, 0.3) is 21.9 Å². The molecule has 6 heterocycles. The van der Waals surface area contributed by atoms with Crippen LogP contribution in [0.3, 0.4) is 0 Å². The van der Waals surface area contributed by atoms with Gasteiger partial charge in [-0.2, -0.15) is 17.0 Å². The van der Waals surface area contributed by atoms with E-state index in [2.05, 4.69) is 77.7 Å². The van der Waals surface area contributed by atoms with E-state index in [1.54, 1.807) is 57.8 Å². The van der Waals surface area contributed by atoms with Crippen LogP contribution in [-0.4, -0.2) is 223 Å². The number of hydrogen-bond acceptors (Lipinski definition) is 29. The average Bonchev–Trinajstić information content (AvgIpc) is 1.03. The fourth-order valence-corrected chi connectivity index (χ4v) is 20.3. The molecule has 664 valence electrons. The smallest absolute Gasteiger partial charge is 0.490 e. The van der Waals surface area contributed by atoms with Crippen LogP contribution in [0.1, 0.15) is 126 Å². The summed E-state index contributed by atoms with van der Waals surface area (Å²) < 4.78 is 154. The number of fused-ring (bicyclic) bond motifs is 5. The second kappa shape index (κ2) is 45.3. The van der Waals surface area contributed by atoms with Crippen LogP contribution in [0.2, 0.25) is 0 Å². The molecular formula is C75H93N14O27P3S4. The number of phosphoric acid groups is 3. The minimum Gasteiger partial charge on any atom is -0.748 e. The van der Waals surface area contributed by atoms with E-state index in [0.717, 1.165) is 57.8 Å². The van der Waals surface area contributed by atoms with Crippen molar-refractivity contribution in [3.8, 4) is 40.2 Å². The van der Waals surface area contributed by atoms with Gasteiger partial charge in [-0.1, -0.05) is 67.9 Å². The summed E-state index contributed by atoms with van der Waals surface area (Å²) in [5.74, 6) is 6.39. The lowest BCUT2D eigenvalue weighted by molar-refractivity contribution is -0.126. The molecule has 2 aromatic heterocycles. The van der Waals surface area contributed by atoms with Gasteiger partial charge in [-0.15, -0.1) is 0 Å². The van der Waals surface area contributed by atoms with E-state index in [9.17, 15) is 78.9 Å². The van der Waals surface area contributed by atoms with E-state index in [1.165, 1.54) is 29.1 Å². The number of carbonyl (C=O) groups excluding carboxylic acids is 5. The average molecular weight is 1840 g/mol. The molecule has 4 aliphatic rings. The fraction of sp³-hybridized carbons (Fsp3) is 0.480. The number of pyridine rings is 1. The maximum absolute atomic E-state index is 14.6. The van der Waals surface area contributed by atoms with Gasteiger partial charge >= 0.3 is 23.5 Å². The van der Waals surface area contributed by atoms with E-state index >= 15 is 0 Å². The minimum atomic E-state index is -5.83. The molecule has 123 heavy (non-hydrogen) atoms. The summed E-state index contributed by atoms with van der Waals surface area (Å²) in [6.45, 7) is 0.0553. The SMILES string of the molecule is CN(CCCC(=O)CCCSSCCC(=O)CCCNC(=O)c1cccc(OCC(N=[N+]=[N-])OCCOCC(=O)NCC#Cc2cn([C@H]3C[C@@H](OCN=[N+]=[N-])[C@@H](COP(=O)(O)OP(=O)(O)OP(=O)(O)O)O3)c3nccc(N)c23)c1)C(=O)c1ccccc1-c1c2c(cc3c1CCCN3CCCS(=O)(=O)O)Oc1cc3c(cc1=C2)CCC[N+]=3CCCS(=O)(=O)[O-]. The Kier molecular flexibility index (Phi) is 35.5. The molecule has 3 unspecified atom stereocenters. The summed E-state index contributed by atoms with van der Waals surface area (Å²) >= 11 is 0. The van der Waals surface area contributed by atoms with Gasteiger partial charge in [0.2, 0.25) is 11.3 Å². The number of rotatable bonds is 49. The van der Waals surface area contributed by atoms with Gasteiger partial charge in [-0.25, -0.2) is 31.7 Å². The number of nitrogens with zero attached hydrogens (tertiary/aromatic N) is 11. The zero-order chi connectivity index (χ0) is 88.5. The maximum atomic E-state index is 14.6. The Balaban J connectivity index is 0.596. The predicted molar refractivity (Wildman–Crippen MR) is 451 cm³/mol. The number of amides is 3. The molecule has 4 aromatic carbocycles. The third-order valence-corrected chi connectivity index (χ3v) is 27.5. The molecule has 0 bridgehead atoms. The highest BCUT2D eigenvalue weighted by molar-refractivity contribution is 8.76. The van der Waals surface area contributed by atoms with Gasteiger partial charge in [0.05, 0.1) is 65.4 Å². The van der Waals surface area contributed by atoms with Crippen molar-refractivity contribution in [2.75, 3.05) is 126 Å². The number of nitrogen functional groups attached to an aromatic ring is 1. The zero-order valence-electron chi connectivity index (χ0n) is 66.6. The number of azide groups is 2. The fourth-order valence-electron chi connectivity index (χ4n) is 14.2. The first-order valence-electron chi connectivity index (χ1n) is 38.9. The van der Waals surface area contributed by atoms with E-state index in [1.807, 2.05) is 30.3 Å². The minimum absolute atomic E-state index is 0.0372. The van der Waals surface area contributed by atoms with Crippen LogP contribution in [0.5, 0.6) is 17.2 Å².